The van der Waals surface area contributed by atoms with E-state index >= 15 is 0 Å². The Morgan fingerprint density at radius 1 is 1.00 bits per heavy atom. The molecule has 0 radical (unpaired) electrons. The summed E-state index contributed by atoms with van der Waals surface area (Å²) in [6.07, 6.45) is 6.04. The van der Waals surface area contributed by atoms with Crippen LogP contribution in [0.3, 0.4) is 0 Å². The Bertz CT molecular complexity index is 945. The standard InChI is InChI=1S/C21H18ClN3O/c1-14-18(22)8-5-9-19(14)23-17-12-10-16(11-13-17)21-24-20(25-26-21)15-6-3-2-4-7-15/h2-14,18,23H,1H3. The molecule has 26 heavy (non-hydrogen) atoms. The van der Waals surface area contributed by atoms with E-state index < -0.39 is 0 Å². The SMILES string of the molecule is CC1C(Nc2ccc(-c3nc(-c4ccccc4)no3)cc2)=CC=CC1Cl. The Balaban J connectivity index is 1.51. The lowest BCUT2D eigenvalue weighted by Gasteiger charge is -2.23. The number of halogens is 1. The second kappa shape index (κ2) is 7.18. The molecule has 1 aromatic heterocycles. The van der Waals surface area contributed by atoms with E-state index in [1.807, 2.05) is 66.7 Å². The Morgan fingerprint density at radius 3 is 2.54 bits per heavy atom. The monoisotopic (exact) mass is 363 g/mol. The normalized spacial score (nSPS) is 19.2. The summed E-state index contributed by atoms with van der Waals surface area (Å²) in [5, 5.41) is 7.50. The molecule has 1 N–H and O–H groups in total. The number of allylic oxidation sites excluding steroid dienone is 4. The van der Waals surface area contributed by atoms with Gasteiger partial charge in [-0.3, -0.25) is 0 Å². The van der Waals surface area contributed by atoms with Gasteiger partial charge in [-0.2, -0.15) is 4.98 Å². The Morgan fingerprint density at radius 2 is 1.77 bits per heavy atom. The fourth-order valence-electron chi connectivity index (χ4n) is 2.82. The van der Waals surface area contributed by atoms with Gasteiger partial charge in [-0.25, -0.2) is 0 Å². The summed E-state index contributed by atoms with van der Waals surface area (Å²) in [6, 6.07) is 17.7. The number of rotatable bonds is 4. The van der Waals surface area contributed by atoms with Gasteiger partial charge in [0, 0.05) is 28.4 Å². The van der Waals surface area contributed by atoms with E-state index in [1.165, 1.54) is 0 Å². The van der Waals surface area contributed by atoms with E-state index in [2.05, 4.69) is 28.5 Å². The predicted octanol–water partition coefficient (Wildman–Crippen LogP) is 5.51. The minimum Gasteiger partial charge on any atom is -0.359 e. The van der Waals surface area contributed by atoms with Crippen LogP contribution in [0.2, 0.25) is 0 Å². The fraction of sp³-hybridized carbons (Fsp3) is 0.143. The van der Waals surface area contributed by atoms with Crippen molar-refractivity contribution in [3.8, 4) is 22.8 Å². The van der Waals surface area contributed by atoms with E-state index in [0.29, 0.717) is 11.7 Å². The molecule has 0 saturated carbocycles. The van der Waals surface area contributed by atoms with E-state index in [4.69, 9.17) is 16.1 Å². The second-order valence-electron chi connectivity index (χ2n) is 6.23. The van der Waals surface area contributed by atoms with Gasteiger partial charge in [-0.15, -0.1) is 11.6 Å². The second-order valence-corrected chi connectivity index (χ2v) is 6.74. The molecule has 0 amide bonds. The molecule has 0 aliphatic heterocycles. The zero-order valence-electron chi connectivity index (χ0n) is 14.3. The van der Waals surface area contributed by atoms with Crippen molar-refractivity contribution in [1.29, 1.82) is 0 Å². The van der Waals surface area contributed by atoms with Crippen molar-refractivity contribution in [1.82, 2.24) is 10.1 Å². The first-order valence-electron chi connectivity index (χ1n) is 8.50. The van der Waals surface area contributed by atoms with Crippen LogP contribution in [0.25, 0.3) is 22.8 Å². The molecule has 2 atom stereocenters. The first kappa shape index (κ1) is 16.6. The van der Waals surface area contributed by atoms with Crippen LogP contribution in [0.4, 0.5) is 5.69 Å². The van der Waals surface area contributed by atoms with Crippen LogP contribution in [-0.4, -0.2) is 15.5 Å². The summed E-state index contributed by atoms with van der Waals surface area (Å²) in [4.78, 5) is 4.48. The number of nitrogens with one attached hydrogen (secondary N) is 1. The molecule has 5 heteroatoms. The lowest BCUT2D eigenvalue weighted by molar-refractivity contribution is 0.432. The highest BCUT2D eigenvalue weighted by Gasteiger charge is 2.19. The summed E-state index contributed by atoms with van der Waals surface area (Å²) >= 11 is 6.29. The molecule has 1 aliphatic rings. The Labute approximate surface area is 157 Å². The van der Waals surface area contributed by atoms with Gasteiger partial charge in [-0.05, 0) is 30.3 Å². The molecule has 0 fully saturated rings. The zero-order chi connectivity index (χ0) is 17.9. The lowest BCUT2D eigenvalue weighted by Crippen LogP contribution is -2.19. The van der Waals surface area contributed by atoms with Crippen LogP contribution >= 0.6 is 11.6 Å². The molecule has 1 aliphatic carbocycles. The average Bonchev–Trinajstić information content (AvgIpc) is 3.17. The maximum atomic E-state index is 6.29. The van der Waals surface area contributed by atoms with Crippen LogP contribution in [0.5, 0.6) is 0 Å². The van der Waals surface area contributed by atoms with Crippen LogP contribution in [0.1, 0.15) is 6.92 Å². The molecule has 2 unspecified atom stereocenters. The molecule has 4 rings (SSSR count). The number of nitrogens with zero attached hydrogens (tertiary/aromatic N) is 2. The number of benzene rings is 2. The number of hydrogen-bond acceptors (Lipinski definition) is 4. The van der Waals surface area contributed by atoms with Gasteiger partial charge in [0.25, 0.3) is 5.89 Å². The molecule has 0 spiro atoms. The third-order valence-corrected chi connectivity index (χ3v) is 4.94. The number of anilines is 1. The molecule has 3 aromatic rings. The molecular weight excluding hydrogens is 346 g/mol. The highest BCUT2D eigenvalue weighted by molar-refractivity contribution is 6.22. The van der Waals surface area contributed by atoms with E-state index in [9.17, 15) is 0 Å². The van der Waals surface area contributed by atoms with Crippen LogP contribution in [0, 0.1) is 5.92 Å². The molecule has 4 nitrogen and oxygen atoms in total. The summed E-state index contributed by atoms with van der Waals surface area (Å²) < 4.78 is 5.41. The first-order chi connectivity index (χ1) is 12.7. The summed E-state index contributed by atoms with van der Waals surface area (Å²) in [6.45, 7) is 2.11. The summed E-state index contributed by atoms with van der Waals surface area (Å²) in [5.41, 5.74) is 3.91. The number of hydrogen-bond donors (Lipinski definition) is 1. The minimum atomic E-state index is 0.0107. The van der Waals surface area contributed by atoms with Crippen molar-refractivity contribution in [2.75, 3.05) is 5.32 Å². The number of alkyl halides is 1. The topological polar surface area (TPSA) is 51.0 Å². The maximum Gasteiger partial charge on any atom is 0.258 e. The zero-order valence-corrected chi connectivity index (χ0v) is 15.0. The van der Waals surface area contributed by atoms with Gasteiger partial charge < -0.3 is 9.84 Å². The maximum absolute atomic E-state index is 6.29. The summed E-state index contributed by atoms with van der Waals surface area (Å²) in [7, 11) is 0. The lowest BCUT2D eigenvalue weighted by atomic mass is 9.98. The molecule has 1 heterocycles. The van der Waals surface area contributed by atoms with E-state index in [-0.39, 0.29) is 11.3 Å². The van der Waals surface area contributed by atoms with Gasteiger partial charge in [0.2, 0.25) is 5.82 Å². The molecule has 0 bridgehead atoms. The number of aromatic nitrogens is 2. The molecule has 0 saturated heterocycles. The quantitative estimate of drug-likeness (QED) is 0.621. The van der Waals surface area contributed by atoms with Crippen LogP contribution in [-0.2, 0) is 0 Å². The van der Waals surface area contributed by atoms with Crippen LogP contribution < -0.4 is 5.32 Å². The third kappa shape index (κ3) is 3.41. The average molecular weight is 364 g/mol. The Hall–Kier alpha value is -2.85. The third-order valence-electron chi connectivity index (χ3n) is 4.42. The smallest absolute Gasteiger partial charge is 0.258 e. The van der Waals surface area contributed by atoms with Crippen LogP contribution in [0.15, 0.2) is 83.0 Å². The highest BCUT2D eigenvalue weighted by Crippen LogP contribution is 2.28. The fourth-order valence-corrected chi connectivity index (χ4v) is 3.04. The predicted molar refractivity (Wildman–Crippen MR) is 105 cm³/mol. The van der Waals surface area contributed by atoms with Gasteiger partial charge in [0.1, 0.15) is 0 Å². The van der Waals surface area contributed by atoms with Crippen molar-refractivity contribution in [2.45, 2.75) is 12.3 Å². The minimum absolute atomic E-state index is 0.0107. The van der Waals surface area contributed by atoms with Crippen molar-refractivity contribution < 1.29 is 4.52 Å². The van der Waals surface area contributed by atoms with Crippen molar-refractivity contribution in [3.05, 3.63) is 78.5 Å². The van der Waals surface area contributed by atoms with E-state index in [0.717, 1.165) is 22.5 Å². The van der Waals surface area contributed by atoms with E-state index in [1.54, 1.807) is 0 Å². The molecule has 130 valence electrons. The van der Waals surface area contributed by atoms with Gasteiger partial charge in [0.15, 0.2) is 0 Å². The summed E-state index contributed by atoms with van der Waals surface area (Å²) in [5.74, 6) is 1.33. The highest BCUT2D eigenvalue weighted by atomic mass is 35.5. The van der Waals surface area contributed by atoms with Crippen molar-refractivity contribution in [2.24, 2.45) is 5.92 Å². The molecule has 2 aromatic carbocycles. The molecular formula is C21H18ClN3O. The Kier molecular flexibility index (Phi) is 4.59. The van der Waals surface area contributed by atoms with Gasteiger partial charge in [-0.1, -0.05) is 54.6 Å². The van der Waals surface area contributed by atoms with Crippen molar-refractivity contribution in [3.63, 3.8) is 0 Å². The van der Waals surface area contributed by atoms with Crippen molar-refractivity contribution >= 4 is 17.3 Å². The largest absolute Gasteiger partial charge is 0.359 e. The van der Waals surface area contributed by atoms with Gasteiger partial charge >= 0.3 is 0 Å². The van der Waals surface area contributed by atoms with Gasteiger partial charge in [0.05, 0.1) is 5.38 Å². The first-order valence-corrected chi connectivity index (χ1v) is 8.93.